The number of hydrogen-bond acceptors (Lipinski definition) is 4. The third-order valence-corrected chi connectivity index (χ3v) is 4.89. The highest BCUT2D eigenvalue weighted by atomic mass is 79.9. The van der Waals surface area contributed by atoms with Gasteiger partial charge in [0.25, 0.3) is 11.5 Å². The second-order valence-corrected chi connectivity index (χ2v) is 7.26. The van der Waals surface area contributed by atoms with Crippen LogP contribution in [0.25, 0.3) is 11.3 Å². The number of carbonyl (C=O) groups is 2. The summed E-state index contributed by atoms with van der Waals surface area (Å²) >= 11 is 3.38. The van der Waals surface area contributed by atoms with Gasteiger partial charge in [-0.1, -0.05) is 58.4 Å². The van der Waals surface area contributed by atoms with Crippen molar-refractivity contribution in [3.05, 3.63) is 92.7 Å². The monoisotopic (exact) mass is 454 g/mol. The van der Waals surface area contributed by atoms with Gasteiger partial charge in [-0.05, 0) is 35.4 Å². The van der Waals surface area contributed by atoms with E-state index < -0.39 is 23.5 Å². The van der Waals surface area contributed by atoms with E-state index in [2.05, 4.69) is 26.2 Å². The minimum absolute atomic E-state index is 0.0328. The molecule has 148 valence electrons. The van der Waals surface area contributed by atoms with Crippen molar-refractivity contribution >= 4 is 27.8 Å². The van der Waals surface area contributed by atoms with E-state index in [1.807, 2.05) is 36.4 Å². The quantitative estimate of drug-likeness (QED) is 0.553. The van der Waals surface area contributed by atoms with E-state index in [-0.39, 0.29) is 12.0 Å². The van der Waals surface area contributed by atoms with Gasteiger partial charge < -0.3 is 15.0 Å². The van der Waals surface area contributed by atoms with Crippen molar-refractivity contribution in [1.82, 2.24) is 10.3 Å². The highest BCUT2D eigenvalue weighted by Gasteiger charge is 2.21. The summed E-state index contributed by atoms with van der Waals surface area (Å²) in [6.07, 6.45) is -0.0568. The van der Waals surface area contributed by atoms with Crippen LogP contribution in [-0.4, -0.2) is 24.0 Å². The molecule has 0 spiro atoms. The molecule has 7 heteroatoms. The normalized spacial score (nSPS) is 11.5. The Morgan fingerprint density at radius 1 is 1.07 bits per heavy atom. The number of pyridine rings is 1. The van der Waals surface area contributed by atoms with Crippen LogP contribution in [0.3, 0.4) is 0 Å². The molecule has 1 unspecified atom stereocenters. The van der Waals surface area contributed by atoms with Crippen molar-refractivity contribution in [2.45, 2.75) is 12.5 Å². The molecule has 2 aromatic carbocycles. The number of H-pyrrole nitrogens is 1. The van der Waals surface area contributed by atoms with Crippen LogP contribution >= 0.6 is 15.9 Å². The zero-order chi connectivity index (χ0) is 20.8. The Balaban J connectivity index is 1.85. The fourth-order valence-corrected chi connectivity index (χ4v) is 3.32. The summed E-state index contributed by atoms with van der Waals surface area (Å²) in [4.78, 5) is 39.8. The number of esters is 1. The fourth-order valence-electron chi connectivity index (χ4n) is 2.90. The van der Waals surface area contributed by atoms with E-state index in [1.54, 1.807) is 24.3 Å². The summed E-state index contributed by atoms with van der Waals surface area (Å²) in [6.45, 7) is 0. The van der Waals surface area contributed by atoms with Gasteiger partial charge in [-0.15, -0.1) is 0 Å². The predicted octanol–water partition coefficient (Wildman–Crippen LogP) is 3.84. The van der Waals surface area contributed by atoms with Crippen LogP contribution < -0.4 is 10.9 Å². The summed E-state index contributed by atoms with van der Waals surface area (Å²) in [5, 5.41) is 2.76. The lowest BCUT2D eigenvalue weighted by atomic mass is 10.0. The van der Waals surface area contributed by atoms with Crippen molar-refractivity contribution in [3.8, 4) is 11.3 Å². The topological polar surface area (TPSA) is 88.3 Å². The molecule has 1 atom stereocenters. The first-order chi connectivity index (χ1) is 14.0. The summed E-state index contributed by atoms with van der Waals surface area (Å²) in [5.41, 5.74) is 1.64. The van der Waals surface area contributed by atoms with Gasteiger partial charge in [-0.2, -0.15) is 0 Å². The number of methoxy groups -OCH3 is 1. The Kier molecular flexibility index (Phi) is 6.61. The molecule has 3 aromatic rings. The molecular formula is C22H19BrN2O4. The molecular weight excluding hydrogens is 436 g/mol. The van der Waals surface area contributed by atoms with Crippen molar-refractivity contribution in [3.63, 3.8) is 0 Å². The Morgan fingerprint density at radius 2 is 1.83 bits per heavy atom. The predicted molar refractivity (Wildman–Crippen MR) is 113 cm³/mol. The maximum absolute atomic E-state index is 12.8. The summed E-state index contributed by atoms with van der Waals surface area (Å²) < 4.78 is 5.55. The van der Waals surface area contributed by atoms with Crippen molar-refractivity contribution in [1.29, 1.82) is 0 Å². The zero-order valence-electron chi connectivity index (χ0n) is 15.6. The molecule has 6 nitrogen and oxygen atoms in total. The lowest BCUT2D eigenvalue weighted by Crippen LogP contribution is -2.34. The van der Waals surface area contributed by atoms with Gasteiger partial charge in [-0.25, -0.2) is 0 Å². The van der Waals surface area contributed by atoms with E-state index in [0.29, 0.717) is 5.69 Å². The molecule has 0 fully saturated rings. The van der Waals surface area contributed by atoms with Gasteiger partial charge in [0, 0.05) is 10.2 Å². The number of aromatic amines is 1. The summed E-state index contributed by atoms with van der Waals surface area (Å²) in [6, 6.07) is 19.1. The van der Waals surface area contributed by atoms with E-state index >= 15 is 0 Å². The maximum atomic E-state index is 12.8. The van der Waals surface area contributed by atoms with Crippen LogP contribution in [0.1, 0.15) is 28.4 Å². The van der Waals surface area contributed by atoms with Gasteiger partial charge >= 0.3 is 5.97 Å². The Hall–Kier alpha value is -3.19. The fraction of sp³-hybridized carbons (Fsp3) is 0.136. The summed E-state index contributed by atoms with van der Waals surface area (Å²) in [7, 11) is 1.29. The molecule has 1 aromatic heterocycles. The third kappa shape index (κ3) is 5.20. The van der Waals surface area contributed by atoms with Crippen LogP contribution in [0.2, 0.25) is 0 Å². The van der Waals surface area contributed by atoms with E-state index in [9.17, 15) is 14.4 Å². The second kappa shape index (κ2) is 9.34. The first-order valence-corrected chi connectivity index (χ1v) is 9.69. The third-order valence-electron chi connectivity index (χ3n) is 4.39. The molecule has 0 radical (unpaired) electrons. The molecule has 0 aliphatic carbocycles. The van der Waals surface area contributed by atoms with Gasteiger partial charge in [0.05, 0.1) is 19.6 Å². The molecule has 1 heterocycles. The minimum Gasteiger partial charge on any atom is -0.469 e. The number of ether oxygens (including phenoxy) is 1. The number of aromatic nitrogens is 1. The van der Waals surface area contributed by atoms with E-state index in [4.69, 9.17) is 4.74 Å². The molecule has 0 aliphatic heterocycles. The van der Waals surface area contributed by atoms with Gasteiger partial charge in [0.15, 0.2) is 0 Å². The largest absolute Gasteiger partial charge is 0.469 e. The van der Waals surface area contributed by atoms with Crippen molar-refractivity contribution < 1.29 is 14.3 Å². The van der Waals surface area contributed by atoms with Gasteiger partial charge in [0.2, 0.25) is 0 Å². The SMILES string of the molecule is COC(=O)CC(NC(=O)c1ccc(-c2ccccc2)[nH]c1=O)c1cccc(Br)c1. The average molecular weight is 455 g/mol. The van der Waals surface area contributed by atoms with Crippen molar-refractivity contribution in [2.24, 2.45) is 0 Å². The molecule has 29 heavy (non-hydrogen) atoms. The van der Waals surface area contributed by atoms with E-state index in [0.717, 1.165) is 15.6 Å². The van der Waals surface area contributed by atoms with Crippen molar-refractivity contribution in [2.75, 3.05) is 7.11 Å². The highest BCUT2D eigenvalue weighted by molar-refractivity contribution is 9.10. The molecule has 0 aliphatic rings. The minimum atomic E-state index is -0.638. The Morgan fingerprint density at radius 3 is 2.48 bits per heavy atom. The maximum Gasteiger partial charge on any atom is 0.307 e. The van der Waals surface area contributed by atoms with Gasteiger partial charge in [0.1, 0.15) is 5.56 Å². The standard InChI is InChI=1S/C22H19BrN2O4/c1-29-20(26)13-19(15-8-5-9-16(23)12-15)25-22(28)17-10-11-18(24-21(17)27)14-6-3-2-4-7-14/h2-12,19H,13H2,1H3,(H,24,27)(H,25,28). The number of halogens is 1. The lowest BCUT2D eigenvalue weighted by molar-refractivity contribution is -0.141. The smallest absolute Gasteiger partial charge is 0.307 e. The molecule has 1 amide bonds. The second-order valence-electron chi connectivity index (χ2n) is 6.34. The Bertz CT molecular complexity index is 1080. The van der Waals surface area contributed by atoms with Crippen LogP contribution in [0.15, 0.2) is 76.0 Å². The van der Waals surface area contributed by atoms with Crippen LogP contribution in [-0.2, 0) is 9.53 Å². The number of rotatable bonds is 6. The number of amides is 1. The molecule has 3 rings (SSSR count). The molecule has 0 saturated carbocycles. The van der Waals surface area contributed by atoms with Crippen LogP contribution in [0.5, 0.6) is 0 Å². The molecule has 0 saturated heterocycles. The van der Waals surface area contributed by atoms with Crippen LogP contribution in [0.4, 0.5) is 0 Å². The van der Waals surface area contributed by atoms with Gasteiger partial charge in [-0.3, -0.25) is 14.4 Å². The highest BCUT2D eigenvalue weighted by Crippen LogP contribution is 2.22. The zero-order valence-corrected chi connectivity index (χ0v) is 17.2. The first-order valence-electron chi connectivity index (χ1n) is 8.90. The molecule has 2 N–H and O–H groups in total. The average Bonchev–Trinajstić information content (AvgIpc) is 2.73. The van der Waals surface area contributed by atoms with Crippen LogP contribution in [0, 0.1) is 0 Å². The number of hydrogen-bond donors (Lipinski definition) is 2. The Labute approximate surface area is 176 Å². The first kappa shape index (κ1) is 20.5. The number of benzene rings is 2. The number of nitrogens with one attached hydrogen (secondary N) is 2. The molecule has 0 bridgehead atoms. The van der Waals surface area contributed by atoms with E-state index in [1.165, 1.54) is 13.2 Å². The number of carbonyl (C=O) groups excluding carboxylic acids is 2. The summed E-state index contributed by atoms with van der Waals surface area (Å²) in [5.74, 6) is -1.04. The lowest BCUT2D eigenvalue weighted by Gasteiger charge is -2.18.